The van der Waals surface area contributed by atoms with Crippen LogP contribution >= 0.6 is 0 Å². The maximum absolute atomic E-state index is 5.68. The summed E-state index contributed by atoms with van der Waals surface area (Å²) in [7, 11) is 0. The topological polar surface area (TPSA) is 50.9 Å². The summed E-state index contributed by atoms with van der Waals surface area (Å²) in [6, 6.07) is 6.54. The van der Waals surface area contributed by atoms with Gasteiger partial charge in [0.1, 0.15) is 0 Å². The number of hydrazine groups is 1. The number of pyridine rings is 1. The largest absolute Gasteiger partial charge is 0.271 e. The second-order valence-corrected chi connectivity index (χ2v) is 5.80. The Hall–Kier alpha value is -0.930. The summed E-state index contributed by atoms with van der Waals surface area (Å²) in [6.45, 7) is 0. The number of nitrogens with two attached hydrogens (primary N) is 1. The van der Waals surface area contributed by atoms with E-state index in [1.165, 1.54) is 50.6 Å². The minimum absolute atomic E-state index is 0.434. The van der Waals surface area contributed by atoms with Gasteiger partial charge in [0.05, 0.1) is 0 Å². The summed E-state index contributed by atoms with van der Waals surface area (Å²) >= 11 is 0. The lowest BCUT2D eigenvalue weighted by atomic mass is 9.85. The van der Waals surface area contributed by atoms with E-state index < -0.39 is 0 Å². The van der Waals surface area contributed by atoms with Gasteiger partial charge in [-0.1, -0.05) is 38.2 Å². The summed E-state index contributed by atoms with van der Waals surface area (Å²) in [6.07, 6.45) is 13.6. The number of hydrogen-bond donors (Lipinski definition) is 2. The molecule has 1 fully saturated rings. The molecule has 0 bridgehead atoms. The fraction of sp³-hybridized carbons (Fsp3) is 0.688. The van der Waals surface area contributed by atoms with Gasteiger partial charge >= 0.3 is 0 Å². The molecule has 0 aliphatic heterocycles. The highest BCUT2D eigenvalue weighted by molar-refractivity contribution is 5.03. The summed E-state index contributed by atoms with van der Waals surface area (Å²) in [5.74, 6) is 6.63. The molecule has 1 aromatic heterocycles. The van der Waals surface area contributed by atoms with Crippen LogP contribution in [0.5, 0.6) is 0 Å². The van der Waals surface area contributed by atoms with E-state index in [4.69, 9.17) is 5.84 Å². The molecule has 3 nitrogen and oxygen atoms in total. The lowest BCUT2D eigenvalue weighted by Crippen LogP contribution is -2.36. The van der Waals surface area contributed by atoms with Crippen LogP contribution in [0.2, 0.25) is 0 Å². The van der Waals surface area contributed by atoms with Crippen LogP contribution in [0, 0.1) is 5.92 Å². The van der Waals surface area contributed by atoms with E-state index in [9.17, 15) is 0 Å². The van der Waals surface area contributed by atoms with Crippen molar-refractivity contribution in [1.82, 2.24) is 10.4 Å². The number of nitrogens with one attached hydrogen (secondary N) is 1. The van der Waals surface area contributed by atoms with Crippen molar-refractivity contribution in [2.45, 2.75) is 63.8 Å². The van der Waals surface area contributed by atoms with Crippen LogP contribution in [0.1, 0.15) is 57.1 Å². The maximum Gasteiger partial charge on any atom is 0.0404 e. The molecule has 3 N–H and O–H groups in total. The SMILES string of the molecule is NNC(CCc1ccccn1)CCC1CCCCC1. The van der Waals surface area contributed by atoms with E-state index in [0.29, 0.717) is 6.04 Å². The molecule has 0 aromatic carbocycles. The van der Waals surface area contributed by atoms with Crippen LogP contribution in [0.25, 0.3) is 0 Å². The molecule has 1 saturated carbocycles. The molecule has 3 heteroatoms. The van der Waals surface area contributed by atoms with Crippen molar-refractivity contribution < 1.29 is 0 Å². The van der Waals surface area contributed by atoms with E-state index >= 15 is 0 Å². The van der Waals surface area contributed by atoms with Gasteiger partial charge in [-0.3, -0.25) is 16.3 Å². The molecule has 0 spiro atoms. The quantitative estimate of drug-likeness (QED) is 0.585. The molecule has 1 unspecified atom stereocenters. The van der Waals surface area contributed by atoms with Crippen molar-refractivity contribution in [3.05, 3.63) is 30.1 Å². The first-order chi connectivity index (χ1) is 9.38. The zero-order valence-electron chi connectivity index (χ0n) is 11.9. The molecule has 1 atom stereocenters. The molecule has 0 amide bonds. The first-order valence-electron chi connectivity index (χ1n) is 7.74. The van der Waals surface area contributed by atoms with Gasteiger partial charge in [0, 0.05) is 17.9 Å². The second kappa shape index (κ2) is 8.28. The number of rotatable bonds is 7. The Bertz CT molecular complexity index is 333. The zero-order valence-corrected chi connectivity index (χ0v) is 11.9. The second-order valence-electron chi connectivity index (χ2n) is 5.80. The highest BCUT2D eigenvalue weighted by atomic mass is 15.2. The zero-order chi connectivity index (χ0) is 13.3. The van der Waals surface area contributed by atoms with E-state index in [0.717, 1.165) is 18.8 Å². The van der Waals surface area contributed by atoms with Crippen molar-refractivity contribution >= 4 is 0 Å². The van der Waals surface area contributed by atoms with Crippen LogP contribution in [0.15, 0.2) is 24.4 Å². The lowest BCUT2D eigenvalue weighted by Gasteiger charge is -2.24. The number of aryl methyl sites for hydroxylation is 1. The first-order valence-corrected chi connectivity index (χ1v) is 7.74. The normalized spacial score (nSPS) is 18.4. The number of nitrogens with zero attached hydrogens (tertiary/aromatic N) is 1. The average molecular weight is 261 g/mol. The number of aromatic nitrogens is 1. The third-order valence-electron chi connectivity index (χ3n) is 4.36. The van der Waals surface area contributed by atoms with Crippen LogP contribution in [-0.4, -0.2) is 11.0 Å². The van der Waals surface area contributed by atoms with E-state index in [1.54, 1.807) is 0 Å². The van der Waals surface area contributed by atoms with Crippen LogP contribution < -0.4 is 11.3 Å². The van der Waals surface area contributed by atoms with Crippen molar-refractivity contribution in [3.63, 3.8) is 0 Å². The molecule has 106 valence electrons. The summed E-state index contributed by atoms with van der Waals surface area (Å²) in [5.41, 5.74) is 4.15. The summed E-state index contributed by atoms with van der Waals surface area (Å²) < 4.78 is 0. The molecule has 0 radical (unpaired) electrons. The van der Waals surface area contributed by atoms with Crippen molar-refractivity contribution in [1.29, 1.82) is 0 Å². The first kappa shape index (κ1) is 14.5. The van der Waals surface area contributed by atoms with Crippen LogP contribution in [-0.2, 0) is 6.42 Å². The Kier molecular flexibility index (Phi) is 6.31. The minimum atomic E-state index is 0.434. The number of hydrogen-bond acceptors (Lipinski definition) is 3. The maximum atomic E-state index is 5.68. The summed E-state index contributed by atoms with van der Waals surface area (Å²) in [5, 5.41) is 0. The van der Waals surface area contributed by atoms with E-state index in [1.807, 2.05) is 12.3 Å². The molecule has 0 saturated heterocycles. The van der Waals surface area contributed by atoms with E-state index in [-0.39, 0.29) is 0 Å². The highest BCUT2D eigenvalue weighted by Gasteiger charge is 2.15. The van der Waals surface area contributed by atoms with Crippen molar-refractivity contribution in [3.8, 4) is 0 Å². The van der Waals surface area contributed by atoms with Gasteiger partial charge in [-0.2, -0.15) is 0 Å². The summed E-state index contributed by atoms with van der Waals surface area (Å²) in [4.78, 5) is 4.37. The van der Waals surface area contributed by atoms with Gasteiger partial charge in [-0.05, 0) is 43.7 Å². The molecule has 1 heterocycles. The Labute approximate surface area is 117 Å². The third kappa shape index (κ3) is 5.29. The van der Waals surface area contributed by atoms with Gasteiger partial charge < -0.3 is 0 Å². The predicted octanol–water partition coefficient (Wildman–Crippen LogP) is 3.21. The molecule has 1 aliphatic rings. The Balaban J connectivity index is 1.67. The van der Waals surface area contributed by atoms with Gasteiger partial charge in [0.25, 0.3) is 0 Å². The molecule has 1 aliphatic carbocycles. The minimum Gasteiger partial charge on any atom is -0.271 e. The van der Waals surface area contributed by atoms with E-state index in [2.05, 4.69) is 22.5 Å². The highest BCUT2D eigenvalue weighted by Crippen LogP contribution is 2.28. The average Bonchev–Trinajstić information content (AvgIpc) is 2.49. The Morgan fingerprint density at radius 3 is 2.74 bits per heavy atom. The van der Waals surface area contributed by atoms with Crippen LogP contribution in [0.4, 0.5) is 0 Å². The lowest BCUT2D eigenvalue weighted by molar-refractivity contribution is 0.309. The molecule has 1 aromatic rings. The predicted molar refractivity (Wildman–Crippen MR) is 79.5 cm³/mol. The fourth-order valence-electron chi connectivity index (χ4n) is 3.09. The molecule has 19 heavy (non-hydrogen) atoms. The van der Waals surface area contributed by atoms with Gasteiger partial charge in [-0.15, -0.1) is 0 Å². The smallest absolute Gasteiger partial charge is 0.0404 e. The Morgan fingerprint density at radius 2 is 2.05 bits per heavy atom. The van der Waals surface area contributed by atoms with Gasteiger partial charge in [0.2, 0.25) is 0 Å². The Morgan fingerprint density at radius 1 is 1.21 bits per heavy atom. The van der Waals surface area contributed by atoms with Gasteiger partial charge in [0.15, 0.2) is 0 Å². The monoisotopic (exact) mass is 261 g/mol. The molecular weight excluding hydrogens is 234 g/mol. The third-order valence-corrected chi connectivity index (χ3v) is 4.36. The van der Waals surface area contributed by atoms with Gasteiger partial charge in [-0.25, -0.2) is 0 Å². The van der Waals surface area contributed by atoms with Crippen molar-refractivity contribution in [2.75, 3.05) is 0 Å². The van der Waals surface area contributed by atoms with Crippen molar-refractivity contribution in [2.24, 2.45) is 11.8 Å². The standard InChI is InChI=1S/C16H27N3/c17-19-16(10-9-14-6-2-1-3-7-14)12-11-15-8-4-5-13-18-15/h4-5,8,13-14,16,19H,1-3,6-7,9-12,17H2. The molecular formula is C16H27N3. The van der Waals surface area contributed by atoms with Crippen LogP contribution in [0.3, 0.4) is 0 Å². The molecule has 2 rings (SSSR count). The fourth-order valence-corrected chi connectivity index (χ4v) is 3.09.